The van der Waals surface area contributed by atoms with Gasteiger partial charge in [0.25, 0.3) is 0 Å². The van der Waals surface area contributed by atoms with Crippen LogP contribution in [0.5, 0.6) is 5.75 Å². The van der Waals surface area contributed by atoms with Crippen molar-refractivity contribution in [2.45, 2.75) is 0 Å². The van der Waals surface area contributed by atoms with E-state index in [1.807, 2.05) is 0 Å². The Bertz CT molecular complexity index is 505. The van der Waals surface area contributed by atoms with Gasteiger partial charge in [-0.3, -0.25) is 0 Å². The van der Waals surface area contributed by atoms with E-state index in [-0.39, 0.29) is 17.0 Å². The third-order valence-corrected chi connectivity index (χ3v) is 1.71. The van der Waals surface area contributed by atoms with Gasteiger partial charge in [-0.2, -0.15) is 10.5 Å². The first kappa shape index (κ1) is 10.3. The van der Waals surface area contributed by atoms with Crippen LogP contribution >= 0.6 is 0 Å². The number of phenolic OH excluding ortho intramolecular Hbond substituents is 1. The summed E-state index contributed by atoms with van der Waals surface area (Å²) in [6, 6.07) is 9.07. The molecule has 1 N–H and O–H groups in total. The molecule has 1 rings (SSSR count). The van der Waals surface area contributed by atoms with Crippen molar-refractivity contribution in [1.29, 1.82) is 10.5 Å². The standard InChI is InChI=1S/C11H5N3O/c1-14-11(9(6-12)7-13)8-2-4-10(15)5-3-8/h2-5,15H. The molecule has 0 aliphatic carbocycles. The SMILES string of the molecule is [C-]#[N+]C(=C(C#N)C#N)c1ccc(O)cc1. The van der Waals surface area contributed by atoms with Gasteiger partial charge in [-0.15, -0.1) is 0 Å². The van der Waals surface area contributed by atoms with Crippen LogP contribution in [0.1, 0.15) is 5.56 Å². The van der Waals surface area contributed by atoms with Crippen molar-refractivity contribution in [2.24, 2.45) is 0 Å². The Morgan fingerprint density at radius 3 is 2.13 bits per heavy atom. The van der Waals surface area contributed by atoms with Gasteiger partial charge in [-0.05, 0) is 17.7 Å². The summed E-state index contributed by atoms with van der Waals surface area (Å²) in [6.45, 7) is 6.89. The average Bonchev–Trinajstić information content (AvgIpc) is 2.27. The summed E-state index contributed by atoms with van der Waals surface area (Å²) in [6.07, 6.45) is 0. The molecule has 0 heterocycles. The number of benzene rings is 1. The van der Waals surface area contributed by atoms with E-state index in [2.05, 4.69) is 4.85 Å². The molecule has 0 unspecified atom stereocenters. The highest BCUT2D eigenvalue weighted by Gasteiger charge is 2.08. The fourth-order valence-corrected chi connectivity index (χ4v) is 1.01. The molecular weight excluding hydrogens is 190 g/mol. The summed E-state index contributed by atoms with van der Waals surface area (Å²) in [7, 11) is 0. The topological polar surface area (TPSA) is 72.2 Å². The van der Waals surface area contributed by atoms with Crippen molar-refractivity contribution in [1.82, 2.24) is 0 Å². The average molecular weight is 195 g/mol. The molecule has 0 saturated carbocycles. The molecule has 0 radical (unpaired) electrons. The van der Waals surface area contributed by atoms with E-state index >= 15 is 0 Å². The predicted octanol–water partition coefficient (Wildman–Crippen LogP) is 2.07. The largest absolute Gasteiger partial charge is 0.508 e. The number of nitrogens with zero attached hydrogens (tertiary/aromatic N) is 3. The van der Waals surface area contributed by atoms with E-state index in [9.17, 15) is 0 Å². The smallest absolute Gasteiger partial charge is 0.222 e. The summed E-state index contributed by atoms with van der Waals surface area (Å²) in [5.74, 6) is 0.0681. The Balaban J connectivity index is 3.35. The number of rotatable bonds is 1. The van der Waals surface area contributed by atoms with Crippen molar-refractivity contribution < 1.29 is 5.11 Å². The number of hydrogen-bond acceptors (Lipinski definition) is 3. The van der Waals surface area contributed by atoms with Gasteiger partial charge >= 0.3 is 0 Å². The maximum atomic E-state index is 9.04. The Labute approximate surface area is 86.7 Å². The number of allylic oxidation sites excluding steroid dienone is 1. The minimum absolute atomic E-state index is 0.000000000000000444. The molecule has 0 aliphatic heterocycles. The van der Waals surface area contributed by atoms with Crippen LogP contribution < -0.4 is 0 Å². The number of nitriles is 2. The van der Waals surface area contributed by atoms with Gasteiger partial charge in [0.1, 0.15) is 11.3 Å². The lowest BCUT2D eigenvalue weighted by atomic mass is 10.1. The van der Waals surface area contributed by atoms with Crippen LogP contribution in [0.2, 0.25) is 0 Å². The predicted molar refractivity (Wildman–Crippen MR) is 52.9 cm³/mol. The van der Waals surface area contributed by atoms with Crippen LogP contribution in [0.4, 0.5) is 0 Å². The molecule has 0 aliphatic rings. The van der Waals surface area contributed by atoms with Gasteiger partial charge in [0, 0.05) is 0 Å². The fraction of sp³-hybridized carbons (Fsp3) is 0. The van der Waals surface area contributed by atoms with Gasteiger partial charge in [0.15, 0.2) is 0 Å². The number of phenols is 1. The molecule has 0 saturated heterocycles. The van der Waals surface area contributed by atoms with Crippen LogP contribution in [0.25, 0.3) is 10.5 Å². The zero-order valence-corrected chi connectivity index (χ0v) is 7.60. The molecule has 0 bridgehead atoms. The molecule has 1 aromatic rings. The lowest BCUT2D eigenvalue weighted by molar-refractivity contribution is 0.475. The molecule has 70 valence electrons. The quantitative estimate of drug-likeness (QED) is 0.550. The maximum absolute atomic E-state index is 9.04. The Morgan fingerprint density at radius 1 is 1.20 bits per heavy atom. The fourth-order valence-electron chi connectivity index (χ4n) is 1.01. The first-order chi connectivity index (χ1) is 7.22. The van der Waals surface area contributed by atoms with Crippen molar-refractivity contribution >= 4 is 5.70 Å². The van der Waals surface area contributed by atoms with Crippen LogP contribution in [0.15, 0.2) is 29.8 Å². The van der Waals surface area contributed by atoms with Crippen molar-refractivity contribution in [2.75, 3.05) is 0 Å². The zero-order chi connectivity index (χ0) is 11.3. The molecule has 0 aromatic heterocycles. The first-order valence-electron chi connectivity index (χ1n) is 3.94. The van der Waals surface area contributed by atoms with E-state index in [0.29, 0.717) is 5.56 Å². The Kier molecular flexibility index (Phi) is 3.07. The van der Waals surface area contributed by atoms with Gasteiger partial charge in [-0.25, -0.2) is 4.85 Å². The third-order valence-electron chi connectivity index (χ3n) is 1.71. The second-order valence-electron chi connectivity index (χ2n) is 2.61. The van der Waals surface area contributed by atoms with E-state index in [1.165, 1.54) is 24.3 Å². The molecule has 0 fully saturated rings. The summed E-state index contributed by atoms with van der Waals surface area (Å²) in [5, 5.41) is 26.3. The molecule has 0 atom stereocenters. The highest BCUT2D eigenvalue weighted by Crippen LogP contribution is 2.21. The van der Waals surface area contributed by atoms with Gasteiger partial charge < -0.3 is 5.11 Å². The van der Waals surface area contributed by atoms with Crippen molar-refractivity contribution in [3.05, 3.63) is 46.8 Å². The van der Waals surface area contributed by atoms with Gasteiger partial charge in [-0.1, -0.05) is 12.1 Å². The van der Waals surface area contributed by atoms with Crippen LogP contribution in [0, 0.1) is 29.2 Å². The number of hydrogen-bond donors (Lipinski definition) is 1. The van der Waals surface area contributed by atoms with Gasteiger partial charge in [0.2, 0.25) is 5.70 Å². The zero-order valence-electron chi connectivity index (χ0n) is 7.60. The summed E-state index contributed by atoms with van der Waals surface area (Å²) in [4.78, 5) is 3.13. The summed E-state index contributed by atoms with van der Waals surface area (Å²) in [5.41, 5.74) is 0.219. The molecular formula is C11H5N3O. The molecule has 15 heavy (non-hydrogen) atoms. The highest BCUT2D eigenvalue weighted by atomic mass is 16.3. The second-order valence-corrected chi connectivity index (χ2v) is 2.61. The molecule has 1 aromatic carbocycles. The monoisotopic (exact) mass is 195 g/mol. The highest BCUT2D eigenvalue weighted by molar-refractivity contribution is 5.79. The van der Waals surface area contributed by atoms with E-state index in [4.69, 9.17) is 22.2 Å². The molecule has 4 heteroatoms. The Hall–Kier alpha value is -2.77. The van der Waals surface area contributed by atoms with Gasteiger partial charge in [0.05, 0.1) is 18.7 Å². The van der Waals surface area contributed by atoms with Crippen LogP contribution in [0.3, 0.4) is 0 Å². The van der Waals surface area contributed by atoms with E-state index < -0.39 is 0 Å². The van der Waals surface area contributed by atoms with E-state index in [1.54, 1.807) is 12.1 Å². The third kappa shape index (κ3) is 2.12. The minimum Gasteiger partial charge on any atom is -0.508 e. The normalized spacial score (nSPS) is 8.07. The maximum Gasteiger partial charge on any atom is 0.222 e. The van der Waals surface area contributed by atoms with Crippen LogP contribution in [-0.2, 0) is 0 Å². The Morgan fingerprint density at radius 2 is 1.73 bits per heavy atom. The molecule has 4 nitrogen and oxygen atoms in total. The van der Waals surface area contributed by atoms with Crippen molar-refractivity contribution in [3.8, 4) is 17.9 Å². The second kappa shape index (κ2) is 4.46. The lowest BCUT2D eigenvalue weighted by Gasteiger charge is -1.98. The van der Waals surface area contributed by atoms with E-state index in [0.717, 1.165) is 0 Å². The van der Waals surface area contributed by atoms with Crippen molar-refractivity contribution in [3.63, 3.8) is 0 Å². The minimum atomic E-state index is -0.226. The summed E-state index contributed by atoms with van der Waals surface area (Å²) < 4.78 is 0. The first-order valence-corrected chi connectivity index (χ1v) is 3.94. The lowest BCUT2D eigenvalue weighted by Crippen LogP contribution is -1.83. The molecule has 0 spiro atoms. The molecule has 0 amide bonds. The summed E-state index contributed by atoms with van der Waals surface area (Å²) >= 11 is 0. The van der Waals surface area contributed by atoms with Crippen LogP contribution in [-0.4, -0.2) is 5.11 Å². The number of aromatic hydroxyl groups is 1.